The zero-order valence-electron chi connectivity index (χ0n) is 14.8. The number of nitrogens with one attached hydrogen (secondary N) is 2. The molecule has 7 nitrogen and oxygen atoms in total. The van der Waals surface area contributed by atoms with E-state index in [1.54, 1.807) is 33.0 Å². The van der Waals surface area contributed by atoms with Crippen LogP contribution < -0.4 is 5.32 Å². The fourth-order valence-electron chi connectivity index (χ4n) is 2.11. The average Bonchev–Trinajstić information content (AvgIpc) is 2.90. The topological polar surface area (TPSA) is 97.3 Å². The number of aromatic nitrogens is 1. The van der Waals surface area contributed by atoms with Crippen LogP contribution in [0.15, 0.2) is 24.4 Å². The minimum atomic E-state index is -0.524. The van der Waals surface area contributed by atoms with Gasteiger partial charge in [-0.1, -0.05) is 13.8 Å². The molecule has 0 aliphatic heterocycles. The van der Waals surface area contributed by atoms with Gasteiger partial charge in [-0.25, -0.2) is 4.79 Å². The van der Waals surface area contributed by atoms with E-state index in [4.69, 9.17) is 4.74 Å². The van der Waals surface area contributed by atoms with Crippen molar-refractivity contribution in [2.45, 2.75) is 46.6 Å². The van der Waals surface area contributed by atoms with Crippen molar-refractivity contribution in [3.63, 3.8) is 0 Å². The number of nitrogens with zero attached hydrogens (tertiary/aromatic N) is 1. The fraction of sp³-hybridized carbons (Fsp3) is 0.471. The molecule has 1 amide bonds. The molecule has 0 unspecified atom stereocenters. The summed E-state index contributed by atoms with van der Waals surface area (Å²) in [6.07, 6.45) is 1.95. The molecular formula is C17H25N3O4. The number of ether oxygens (including phenoxy) is 1. The molecule has 0 atom stereocenters. The van der Waals surface area contributed by atoms with Crippen LogP contribution in [0.1, 0.15) is 40.2 Å². The number of benzene rings is 1. The first-order valence-corrected chi connectivity index (χ1v) is 7.97. The summed E-state index contributed by atoms with van der Waals surface area (Å²) in [5.74, 6) is 0. The molecule has 1 aromatic carbocycles. The Kier molecular flexibility index (Phi) is 6.76. The van der Waals surface area contributed by atoms with E-state index in [9.17, 15) is 14.9 Å². The number of fused-ring (bicyclic) bond motifs is 1. The van der Waals surface area contributed by atoms with Crippen LogP contribution in [0, 0.1) is 10.1 Å². The molecule has 132 valence electrons. The Labute approximate surface area is 141 Å². The Hall–Kier alpha value is -2.57. The van der Waals surface area contributed by atoms with E-state index in [-0.39, 0.29) is 5.69 Å². The summed E-state index contributed by atoms with van der Waals surface area (Å²) < 4.78 is 5.15. The molecule has 0 aliphatic carbocycles. The van der Waals surface area contributed by atoms with Crippen LogP contribution in [0.4, 0.5) is 10.5 Å². The number of nitro benzene ring substituents is 1. The fourth-order valence-corrected chi connectivity index (χ4v) is 2.11. The van der Waals surface area contributed by atoms with Crippen molar-refractivity contribution in [3.8, 4) is 0 Å². The smallest absolute Gasteiger partial charge is 0.407 e. The third-order valence-electron chi connectivity index (χ3n) is 3.02. The molecule has 0 aliphatic rings. The number of aromatic amines is 1. The van der Waals surface area contributed by atoms with Gasteiger partial charge >= 0.3 is 6.09 Å². The average molecular weight is 335 g/mol. The number of H-pyrrole nitrogens is 1. The molecule has 24 heavy (non-hydrogen) atoms. The van der Waals surface area contributed by atoms with Crippen LogP contribution in [-0.4, -0.2) is 28.1 Å². The lowest BCUT2D eigenvalue weighted by molar-refractivity contribution is -0.384. The normalized spacial score (nSPS) is 10.7. The summed E-state index contributed by atoms with van der Waals surface area (Å²) in [4.78, 5) is 24.9. The molecular weight excluding hydrogens is 310 g/mol. The maximum Gasteiger partial charge on any atom is 0.407 e. The van der Waals surface area contributed by atoms with Crippen LogP contribution in [0.5, 0.6) is 0 Å². The summed E-state index contributed by atoms with van der Waals surface area (Å²) in [5, 5.41) is 14.3. The van der Waals surface area contributed by atoms with Crippen molar-refractivity contribution >= 4 is 22.7 Å². The molecule has 2 N–H and O–H groups in total. The number of hydrogen-bond acceptors (Lipinski definition) is 4. The zero-order chi connectivity index (χ0) is 18.3. The van der Waals surface area contributed by atoms with E-state index in [1.165, 1.54) is 12.1 Å². The number of rotatable bonds is 4. The summed E-state index contributed by atoms with van der Waals surface area (Å²) in [6, 6.07) is 4.69. The molecule has 7 heteroatoms. The van der Waals surface area contributed by atoms with E-state index in [1.807, 2.05) is 13.8 Å². The minimum Gasteiger partial charge on any atom is -0.444 e. The van der Waals surface area contributed by atoms with Gasteiger partial charge in [0.15, 0.2) is 0 Å². The van der Waals surface area contributed by atoms with Gasteiger partial charge in [0.2, 0.25) is 0 Å². The van der Waals surface area contributed by atoms with Crippen molar-refractivity contribution < 1.29 is 14.5 Å². The van der Waals surface area contributed by atoms with Gasteiger partial charge in [0.1, 0.15) is 5.60 Å². The Morgan fingerprint density at radius 1 is 1.33 bits per heavy atom. The van der Waals surface area contributed by atoms with Gasteiger partial charge in [0, 0.05) is 30.3 Å². The summed E-state index contributed by atoms with van der Waals surface area (Å²) >= 11 is 0. The first kappa shape index (κ1) is 19.5. The Morgan fingerprint density at radius 2 is 2.00 bits per heavy atom. The largest absolute Gasteiger partial charge is 0.444 e. The molecule has 0 saturated heterocycles. The van der Waals surface area contributed by atoms with Crippen molar-refractivity contribution in [1.29, 1.82) is 0 Å². The molecule has 0 spiro atoms. The van der Waals surface area contributed by atoms with Gasteiger partial charge in [0.25, 0.3) is 5.69 Å². The monoisotopic (exact) mass is 335 g/mol. The highest BCUT2D eigenvalue weighted by molar-refractivity contribution is 5.85. The van der Waals surface area contributed by atoms with Crippen LogP contribution in [-0.2, 0) is 11.2 Å². The summed E-state index contributed by atoms with van der Waals surface area (Å²) in [7, 11) is 0. The first-order chi connectivity index (χ1) is 11.3. The molecule has 0 fully saturated rings. The van der Waals surface area contributed by atoms with Crippen LogP contribution in [0.3, 0.4) is 0 Å². The van der Waals surface area contributed by atoms with Gasteiger partial charge in [0.05, 0.1) is 10.4 Å². The van der Waals surface area contributed by atoms with E-state index >= 15 is 0 Å². The van der Waals surface area contributed by atoms with Crippen LogP contribution in [0.2, 0.25) is 0 Å². The van der Waals surface area contributed by atoms with Crippen molar-refractivity contribution in [1.82, 2.24) is 10.3 Å². The highest BCUT2D eigenvalue weighted by atomic mass is 16.6. The number of nitro groups is 1. The van der Waals surface area contributed by atoms with Crippen molar-refractivity contribution in [2.24, 2.45) is 0 Å². The Bertz CT molecular complexity index is 701. The number of non-ortho nitro benzene ring substituents is 1. The maximum atomic E-state index is 11.6. The molecule has 0 saturated carbocycles. The van der Waals surface area contributed by atoms with Gasteiger partial charge in [-0.05, 0) is 38.8 Å². The molecule has 1 aromatic heterocycles. The lowest BCUT2D eigenvalue weighted by Gasteiger charge is -2.19. The van der Waals surface area contributed by atoms with Crippen molar-refractivity contribution in [2.75, 3.05) is 6.54 Å². The quantitative estimate of drug-likeness (QED) is 0.647. The predicted octanol–water partition coefficient (Wildman–Crippen LogP) is 4.17. The molecule has 0 bridgehead atoms. The maximum absolute atomic E-state index is 11.6. The van der Waals surface area contributed by atoms with Gasteiger partial charge in [-0.3, -0.25) is 10.1 Å². The lowest BCUT2D eigenvalue weighted by Crippen LogP contribution is -2.33. The van der Waals surface area contributed by atoms with E-state index in [0.29, 0.717) is 18.5 Å². The van der Waals surface area contributed by atoms with Crippen LogP contribution >= 0.6 is 0 Å². The van der Waals surface area contributed by atoms with E-state index in [2.05, 4.69) is 10.3 Å². The number of amides is 1. The number of carbonyl (C=O) groups is 1. The van der Waals surface area contributed by atoms with Gasteiger partial charge in [-0.15, -0.1) is 0 Å². The summed E-state index contributed by atoms with van der Waals surface area (Å²) in [6.45, 7) is 9.84. The zero-order valence-corrected chi connectivity index (χ0v) is 14.8. The van der Waals surface area contributed by atoms with Crippen molar-refractivity contribution in [3.05, 3.63) is 40.1 Å². The minimum absolute atomic E-state index is 0.0489. The molecule has 0 radical (unpaired) electrons. The SMILES string of the molecule is CC.CC(C)(C)OC(=O)NCCc1c[nH]c2cc([N+](=O)[O-])ccc12. The Balaban J connectivity index is 0.00000139. The van der Waals surface area contributed by atoms with Gasteiger partial charge in [-0.2, -0.15) is 0 Å². The van der Waals surface area contributed by atoms with E-state index in [0.717, 1.165) is 10.9 Å². The molecule has 1 heterocycles. The number of carbonyl (C=O) groups excluding carboxylic acids is 1. The molecule has 2 rings (SSSR count). The molecule has 2 aromatic rings. The predicted molar refractivity (Wildman–Crippen MR) is 94.2 cm³/mol. The third kappa shape index (κ3) is 5.57. The Morgan fingerprint density at radius 3 is 2.58 bits per heavy atom. The van der Waals surface area contributed by atoms with E-state index < -0.39 is 16.6 Å². The first-order valence-electron chi connectivity index (χ1n) is 7.97. The second-order valence-corrected chi connectivity index (χ2v) is 5.98. The number of alkyl carbamates (subject to hydrolysis) is 1. The standard InChI is InChI=1S/C15H19N3O4.C2H6/c1-15(2,3)22-14(19)16-7-6-10-9-17-13-8-11(18(20)21)4-5-12(10)13;1-2/h4-5,8-9,17H,6-7H2,1-3H3,(H,16,19);1-2H3. The third-order valence-corrected chi connectivity index (χ3v) is 3.02. The second-order valence-electron chi connectivity index (χ2n) is 5.98. The highest BCUT2D eigenvalue weighted by Crippen LogP contribution is 2.23. The lowest BCUT2D eigenvalue weighted by atomic mass is 10.1. The van der Waals surface area contributed by atoms with Gasteiger partial charge < -0.3 is 15.0 Å². The van der Waals surface area contributed by atoms with Crippen LogP contribution in [0.25, 0.3) is 10.9 Å². The highest BCUT2D eigenvalue weighted by Gasteiger charge is 2.16. The number of hydrogen-bond donors (Lipinski definition) is 2. The summed E-state index contributed by atoms with van der Waals surface area (Å²) in [5.41, 5.74) is 1.22. The second kappa shape index (κ2) is 8.33.